The van der Waals surface area contributed by atoms with Crippen LogP contribution >= 0.6 is 22.6 Å². The number of carbonyl (C=O) groups is 1. The summed E-state index contributed by atoms with van der Waals surface area (Å²) in [5.74, 6) is 0.0890. The van der Waals surface area contributed by atoms with Crippen LogP contribution < -0.4 is 14.5 Å². The summed E-state index contributed by atoms with van der Waals surface area (Å²) in [6.07, 6.45) is 1.05. The van der Waals surface area contributed by atoms with Crippen molar-refractivity contribution in [1.29, 1.82) is 0 Å². The molecule has 0 heterocycles. The van der Waals surface area contributed by atoms with Crippen LogP contribution in [0.3, 0.4) is 0 Å². The number of rotatable bonds is 8. The van der Waals surface area contributed by atoms with Crippen molar-refractivity contribution in [2.24, 2.45) is 5.10 Å². The first-order chi connectivity index (χ1) is 13.2. The molecule has 0 aliphatic carbocycles. The van der Waals surface area contributed by atoms with Gasteiger partial charge in [-0.2, -0.15) is 5.10 Å². The molecule has 2 rings (SSSR count). The summed E-state index contributed by atoms with van der Waals surface area (Å²) in [5, 5.41) is 4.07. The van der Waals surface area contributed by atoms with Crippen LogP contribution in [0.2, 0.25) is 0 Å². The normalized spacial score (nSPS) is 11.8. The first-order valence-corrected chi connectivity index (χ1v) is 11.4. The van der Waals surface area contributed by atoms with E-state index < -0.39 is 15.9 Å². The van der Waals surface area contributed by atoms with Crippen molar-refractivity contribution in [2.45, 2.75) is 13.8 Å². The number of hydrogen-bond donors (Lipinski definition) is 1. The van der Waals surface area contributed by atoms with Crippen LogP contribution in [0.25, 0.3) is 0 Å². The third kappa shape index (κ3) is 6.48. The molecule has 0 saturated carbocycles. The Morgan fingerprint density at radius 3 is 2.46 bits per heavy atom. The maximum absolute atomic E-state index is 12.3. The van der Waals surface area contributed by atoms with Gasteiger partial charge in [-0.1, -0.05) is 12.1 Å². The van der Waals surface area contributed by atoms with Gasteiger partial charge in [-0.25, -0.2) is 13.8 Å². The Kier molecular flexibility index (Phi) is 7.81. The van der Waals surface area contributed by atoms with Crippen molar-refractivity contribution in [3.63, 3.8) is 0 Å². The lowest BCUT2D eigenvalue weighted by molar-refractivity contribution is -0.119. The van der Waals surface area contributed by atoms with Gasteiger partial charge in [-0.05, 0) is 78.4 Å². The quantitative estimate of drug-likeness (QED) is 0.333. The molecule has 1 N–H and O–H groups in total. The molecule has 28 heavy (non-hydrogen) atoms. The molecule has 9 heteroatoms. The van der Waals surface area contributed by atoms with Crippen LogP contribution in [-0.4, -0.2) is 39.4 Å². The minimum Gasteiger partial charge on any atom is -0.494 e. The van der Waals surface area contributed by atoms with Gasteiger partial charge in [0, 0.05) is 3.57 Å². The van der Waals surface area contributed by atoms with Gasteiger partial charge in [0.25, 0.3) is 5.91 Å². The molecular weight excluding hydrogens is 493 g/mol. The fourth-order valence-corrected chi connectivity index (χ4v) is 3.76. The zero-order valence-corrected chi connectivity index (χ0v) is 18.8. The Morgan fingerprint density at radius 1 is 1.21 bits per heavy atom. The monoisotopic (exact) mass is 515 g/mol. The highest BCUT2D eigenvalue weighted by atomic mass is 127. The average molecular weight is 515 g/mol. The molecule has 0 radical (unpaired) electrons. The topological polar surface area (TPSA) is 88.1 Å². The van der Waals surface area contributed by atoms with E-state index in [1.807, 2.05) is 31.2 Å². The Hall–Kier alpha value is -2.14. The van der Waals surface area contributed by atoms with Gasteiger partial charge in [0.15, 0.2) is 0 Å². The number of nitrogens with one attached hydrogen (secondary N) is 1. The van der Waals surface area contributed by atoms with Crippen LogP contribution in [0, 0.1) is 3.57 Å². The van der Waals surface area contributed by atoms with Gasteiger partial charge in [0.1, 0.15) is 12.3 Å². The van der Waals surface area contributed by atoms with Gasteiger partial charge < -0.3 is 4.74 Å². The molecule has 7 nitrogen and oxygen atoms in total. The maximum atomic E-state index is 12.3. The van der Waals surface area contributed by atoms with Crippen molar-refractivity contribution in [1.82, 2.24) is 5.43 Å². The van der Waals surface area contributed by atoms with E-state index >= 15 is 0 Å². The largest absolute Gasteiger partial charge is 0.494 e. The number of halogens is 1. The van der Waals surface area contributed by atoms with Gasteiger partial charge >= 0.3 is 0 Å². The number of anilines is 1. The van der Waals surface area contributed by atoms with E-state index in [2.05, 4.69) is 33.1 Å². The fourth-order valence-electron chi connectivity index (χ4n) is 2.37. The average Bonchev–Trinajstić information content (AvgIpc) is 2.64. The number of benzene rings is 2. The standard InChI is InChI=1S/C19H22IN3O4S/c1-4-27-18-10-8-17(9-11-18)23(28(3,25)26)13-19(24)22-21-14(2)15-6-5-7-16(20)12-15/h5-12H,4,13H2,1-3H3,(H,22,24)/b21-14-. The van der Waals surface area contributed by atoms with Gasteiger partial charge in [-0.15, -0.1) is 0 Å². The summed E-state index contributed by atoms with van der Waals surface area (Å²) in [7, 11) is -3.65. The van der Waals surface area contributed by atoms with Gasteiger partial charge in [0.2, 0.25) is 10.0 Å². The Morgan fingerprint density at radius 2 is 1.89 bits per heavy atom. The molecule has 0 aliphatic rings. The number of hydrogen-bond acceptors (Lipinski definition) is 5. The molecule has 0 bridgehead atoms. The predicted octanol–water partition coefficient (Wildman–Crippen LogP) is 3.00. The smallest absolute Gasteiger partial charge is 0.260 e. The molecule has 0 saturated heterocycles. The predicted molar refractivity (Wildman–Crippen MR) is 119 cm³/mol. The van der Waals surface area contributed by atoms with E-state index in [0.29, 0.717) is 23.8 Å². The molecular formula is C19H22IN3O4S. The van der Waals surface area contributed by atoms with Crippen molar-refractivity contribution in [3.05, 3.63) is 57.7 Å². The van der Waals surface area contributed by atoms with E-state index in [4.69, 9.17) is 4.74 Å². The summed E-state index contributed by atoms with van der Waals surface area (Å²) in [6, 6.07) is 14.2. The van der Waals surface area contributed by atoms with Crippen LogP contribution in [0.5, 0.6) is 5.75 Å². The van der Waals surface area contributed by atoms with Crippen molar-refractivity contribution in [2.75, 3.05) is 23.7 Å². The van der Waals surface area contributed by atoms with Gasteiger partial charge in [-0.3, -0.25) is 9.10 Å². The highest BCUT2D eigenvalue weighted by molar-refractivity contribution is 14.1. The second-order valence-electron chi connectivity index (χ2n) is 5.94. The maximum Gasteiger partial charge on any atom is 0.260 e. The highest BCUT2D eigenvalue weighted by Crippen LogP contribution is 2.21. The summed E-state index contributed by atoms with van der Waals surface area (Å²) in [4.78, 5) is 12.3. The molecule has 0 spiro atoms. The Balaban J connectivity index is 2.12. The van der Waals surface area contributed by atoms with Crippen LogP contribution in [0.1, 0.15) is 19.4 Å². The van der Waals surface area contributed by atoms with Crippen LogP contribution in [-0.2, 0) is 14.8 Å². The van der Waals surface area contributed by atoms with E-state index in [0.717, 1.165) is 19.7 Å². The second kappa shape index (κ2) is 9.87. The number of amides is 1. The number of ether oxygens (including phenoxy) is 1. The van der Waals surface area contributed by atoms with E-state index in [1.54, 1.807) is 31.2 Å². The summed E-state index contributed by atoms with van der Waals surface area (Å²) >= 11 is 2.19. The zero-order valence-electron chi connectivity index (χ0n) is 15.8. The first kappa shape index (κ1) is 22.2. The molecule has 0 unspecified atom stereocenters. The molecule has 0 aromatic heterocycles. The van der Waals surface area contributed by atoms with Crippen molar-refractivity contribution < 1.29 is 17.9 Å². The van der Waals surface area contributed by atoms with Crippen molar-refractivity contribution >= 4 is 49.9 Å². The fraction of sp³-hybridized carbons (Fsp3) is 0.263. The van der Waals surface area contributed by atoms with E-state index in [-0.39, 0.29) is 6.54 Å². The first-order valence-electron chi connectivity index (χ1n) is 8.50. The van der Waals surface area contributed by atoms with E-state index in [9.17, 15) is 13.2 Å². The lowest BCUT2D eigenvalue weighted by Gasteiger charge is -2.21. The molecule has 2 aromatic carbocycles. The zero-order chi connectivity index (χ0) is 20.7. The molecule has 0 atom stereocenters. The highest BCUT2D eigenvalue weighted by Gasteiger charge is 2.20. The molecule has 150 valence electrons. The minimum atomic E-state index is -3.65. The number of sulfonamides is 1. The van der Waals surface area contributed by atoms with E-state index in [1.165, 1.54) is 0 Å². The number of nitrogens with zero attached hydrogens (tertiary/aromatic N) is 2. The molecule has 1 amide bonds. The molecule has 2 aromatic rings. The molecule has 0 aliphatic heterocycles. The molecule has 0 fully saturated rings. The Bertz CT molecular complexity index is 959. The van der Waals surface area contributed by atoms with Crippen LogP contribution in [0.4, 0.5) is 5.69 Å². The Labute approximate surface area is 179 Å². The third-order valence-corrected chi connectivity index (χ3v) is 5.53. The van der Waals surface area contributed by atoms with Crippen molar-refractivity contribution in [3.8, 4) is 5.75 Å². The second-order valence-corrected chi connectivity index (χ2v) is 9.09. The minimum absolute atomic E-state index is 0.374. The van der Waals surface area contributed by atoms with Crippen LogP contribution in [0.15, 0.2) is 53.6 Å². The number of carbonyl (C=O) groups excluding carboxylic acids is 1. The lowest BCUT2D eigenvalue weighted by atomic mass is 10.1. The summed E-state index contributed by atoms with van der Waals surface area (Å²) < 4.78 is 31.7. The summed E-state index contributed by atoms with van der Waals surface area (Å²) in [6.45, 7) is 3.76. The SMILES string of the molecule is CCOc1ccc(N(CC(=O)N/N=C(/C)c2cccc(I)c2)S(C)(=O)=O)cc1. The third-order valence-electron chi connectivity index (χ3n) is 3.71. The lowest BCUT2D eigenvalue weighted by Crippen LogP contribution is -2.39. The number of hydrazone groups is 1. The summed E-state index contributed by atoms with van der Waals surface area (Å²) in [5.41, 5.74) is 4.29. The van der Waals surface area contributed by atoms with Gasteiger partial charge in [0.05, 0.1) is 24.3 Å².